The van der Waals surface area contributed by atoms with Crippen LogP contribution in [0.15, 0.2) is 36.9 Å². The van der Waals surface area contributed by atoms with Crippen molar-refractivity contribution in [2.45, 2.75) is 25.3 Å². The van der Waals surface area contributed by atoms with Gasteiger partial charge in [-0.25, -0.2) is 9.67 Å². The van der Waals surface area contributed by atoms with Gasteiger partial charge in [-0.1, -0.05) is 0 Å². The lowest BCUT2D eigenvalue weighted by molar-refractivity contribution is 0.0824. The van der Waals surface area contributed by atoms with Gasteiger partial charge in [0.1, 0.15) is 12.7 Å². The highest BCUT2D eigenvalue weighted by Gasteiger charge is 2.42. The fraction of sp³-hybridized carbons (Fsp3) is 0.400. The summed E-state index contributed by atoms with van der Waals surface area (Å²) in [5.41, 5.74) is 0.886. The molecular formula is C15H18N4O2. The number of carbonyl (C=O) groups is 1. The standard InChI is InChI=1S/C15H18N4O2/c1-15(8-20,12-4-5-12)18-14(21)11-2-6-13(7-3-11)19-10-16-9-17-19/h2-3,6-7,9-10,12,20H,4-5,8H2,1H3,(H,18,21). The van der Waals surface area contributed by atoms with Crippen molar-refractivity contribution >= 4 is 5.91 Å². The molecule has 21 heavy (non-hydrogen) atoms. The number of aliphatic hydroxyl groups is 1. The van der Waals surface area contributed by atoms with E-state index in [9.17, 15) is 9.90 Å². The molecule has 3 rings (SSSR count). The lowest BCUT2D eigenvalue weighted by Gasteiger charge is -2.28. The SMILES string of the molecule is CC(CO)(NC(=O)c1ccc(-n2cncn2)cc1)C1CC1. The topological polar surface area (TPSA) is 80.0 Å². The first kappa shape index (κ1) is 13.8. The molecule has 1 aromatic heterocycles. The number of hydrogen-bond donors (Lipinski definition) is 2. The number of nitrogens with one attached hydrogen (secondary N) is 1. The minimum absolute atomic E-state index is 0.0412. The van der Waals surface area contributed by atoms with Gasteiger partial charge in [-0.15, -0.1) is 0 Å². The van der Waals surface area contributed by atoms with Gasteiger partial charge >= 0.3 is 0 Å². The number of carbonyl (C=O) groups excluding carboxylic acids is 1. The van der Waals surface area contributed by atoms with Gasteiger partial charge in [0, 0.05) is 5.56 Å². The Kier molecular flexibility index (Phi) is 3.47. The summed E-state index contributed by atoms with van der Waals surface area (Å²) in [5, 5.41) is 16.5. The Hall–Kier alpha value is -2.21. The van der Waals surface area contributed by atoms with Crippen LogP contribution < -0.4 is 5.32 Å². The van der Waals surface area contributed by atoms with Crippen LogP contribution in [-0.4, -0.2) is 37.9 Å². The monoisotopic (exact) mass is 286 g/mol. The fourth-order valence-corrected chi connectivity index (χ4v) is 2.43. The molecule has 0 bridgehead atoms. The lowest BCUT2D eigenvalue weighted by atomic mass is 9.96. The number of benzene rings is 1. The number of hydrogen-bond acceptors (Lipinski definition) is 4. The van der Waals surface area contributed by atoms with E-state index in [2.05, 4.69) is 15.4 Å². The summed E-state index contributed by atoms with van der Waals surface area (Å²) in [6.07, 6.45) is 5.18. The molecule has 1 amide bonds. The van der Waals surface area contributed by atoms with Crippen LogP contribution in [0, 0.1) is 5.92 Å². The molecule has 110 valence electrons. The Morgan fingerprint density at radius 3 is 2.67 bits per heavy atom. The third-order valence-electron chi connectivity index (χ3n) is 4.02. The Balaban J connectivity index is 1.73. The van der Waals surface area contributed by atoms with Crippen molar-refractivity contribution in [3.05, 3.63) is 42.5 Å². The van der Waals surface area contributed by atoms with E-state index in [0.717, 1.165) is 18.5 Å². The maximum atomic E-state index is 12.3. The van der Waals surface area contributed by atoms with Crippen LogP contribution in [0.25, 0.3) is 5.69 Å². The van der Waals surface area contributed by atoms with Crippen LogP contribution in [0.1, 0.15) is 30.1 Å². The molecule has 0 saturated heterocycles. The summed E-state index contributed by atoms with van der Waals surface area (Å²) < 4.78 is 1.63. The minimum atomic E-state index is -0.526. The number of aromatic nitrogens is 3. The number of nitrogens with zero attached hydrogens (tertiary/aromatic N) is 3. The highest BCUT2D eigenvalue weighted by Crippen LogP contribution is 2.39. The van der Waals surface area contributed by atoms with E-state index in [0.29, 0.717) is 11.5 Å². The third-order valence-corrected chi connectivity index (χ3v) is 4.02. The average Bonchev–Trinajstić information content (AvgIpc) is 3.23. The van der Waals surface area contributed by atoms with E-state index in [1.165, 1.54) is 6.33 Å². The summed E-state index contributed by atoms with van der Waals surface area (Å²) in [6.45, 7) is 1.85. The van der Waals surface area contributed by atoms with E-state index in [1.807, 2.05) is 19.1 Å². The normalized spacial score (nSPS) is 17.2. The zero-order chi connectivity index (χ0) is 14.9. The zero-order valence-corrected chi connectivity index (χ0v) is 11.9. The lowest BCUT2D eigenvalue weighted by Crippen LogP contribution is -2.50. The predicted octanol–water partition coefficient (Wildman–Crippen LogP) is 1.16. The molecule has 6 heteroatoms. The molecule has 1 fully saturated rings. The van der Waals surface area contributed by atoms with Gasteiger partial charge in [-0.2, -0.15) is 5.10 Å². The molecule has 2 aromatic rings. The first-order valence-corrected chi connectivity index (χ1v) is 7.01. The van der Waals surface area contributed by atoms with Crippen molar-refractivity contribution in [2.75, 3.05) is 6.61 Å². The molecule has 0 radical (unpaired) electrons. The van der Waals surface area contributed by atoms with Gasteiger partial charge in [0.25, 0.3) is 5.91 Å². The molecule has 0 spiro atoms. The zero-order valence-electron chi connectivity index (χ0n) is 11.9. The maximum absolute atomic E-state index is 12.3. The summed E-state index contributed by atoms with van der Waals surface area (Å²) in [6, 6.07) is 7.13. The molecule has 6 nitrogen and oxygen atoms in total. The van der Waals surface area contributed by atoms with Crippen LogP contribution in [0.3, 0.4) is 0 Å². The number of amides is 1. The second-order valence-corrected chi connectivity index (χ2v) is 5.69. The van der Waals surface area contributed by atoms with Crippen LogP contribution >= 0.6 is 0 Å². The molecule has 1 saturated carbocycles. The average molecular weight is 286 g/mol. The number of rotatable bonds is 5. The summed E-state index contributed by atoms with van der Waals surface area (Å²) in [4.78, 5) is 16.2. The van der Waals surface area contributed by atoms with Gasteiger partial charge in [0.2, 0.25) is 0 Å². The van der Waals surface area contributed by atoms with Gasteiger partial charge in [-0.3, -0.25) is 4.79 Å². The largest absolute Gasteiger partial charge is 0.394 e. The van der Waals surface area contributed by atoms with Crippen molar-refractivity contribution in [3.63, 3.8) is 0 Å². The number of aliphatic hydroxyl groups excluding tert-OH is 1. The summed E-state index contributed by atoms with van der Waals surface area (Å²) in [5.74, 6) is 0.212. The van der Waals surface area contributed by atoms with Crippen LogP contribution in [-0.2, 0) is 0 Å². The van der Waals surface area contributed by atoms with Gasteiger partial charge < -0.3 is 10.4 Å². The smallest absolute Gasteiger partial charge is 0.251 e. The van der Waals surface area contributed by atoms with E-state index in [4.69, 9.17) is 0 Å². The van der Waals surface area contributed by atoms with Gasteiger partial charge in [0.05, 0.1) is 17.8 Å². The second-order valence-electron chi connectivity index (χ2n) is 5.69. The molecular weight excluding hydrogens is 268 g/mol. The Labute approximate surface area is 122 Å². The molecule has 1 aliphatic rings. The van der Waals surface area contributed by atoms with Crippen molar-refractivity contribution in [1.29, 1.82) is 0 Å². The third kappa shape index (κ3) is 2.80. The Bertz CT molecular complexity index is 620. The molecule has 2 N–H and O–H groups in total. The quantitative estimate of drug-likeness (QED) is 0.864. The molecule has 1 unspecified atom stereocenters. The molecule has 0 aliphatic heterocycles. The highest BCUT2D eigenvalue weighted by atomic mass is 16.3. The first-order chi connectivity index (χ1) is 10.1. The molecule has 1 heterocycles. The van der Waals surface area contributed by atoms with E-state index in [-0.39, 0.29) is 12.5 Å². The van der Waals surface area contributed by atoms with Crippen LogP contribution in [0.2, 0.25) is 0 Å². The van der Waals surface area contributed by atoms with E-state index < -0.39 is 5.54 Å². The van der Waals surface area contributed by atoms with Crippen molar-refractivity contribution in [2.24, 2.45) is 5.92 Å². The fourth-order valence-electron chi connectivity index (χ4n) is 2.43. The molecule has 1 aromatic carbocycles. The van der Waals surface area contributed by atoms with E-state index in [1.54, 1.807) is 23.1 Å². The van der Waals surface area contributed by atoms with Crippen molar-refractivity contribution in [1.82, 2.24) is 20.1 Å². The summed E-state index contributed by atoms with van der Waals surface area (Å²) >= 11 is 0. The maximum Gasteiger partial charge on any atom is 0.251 e. The highest BCUT2D eigenvalue weighted by molar-refractivity contribution is 5.94. The van der Waals surface area contributed by atoms with E-state index >= 15 is 0 Å². The Morgan fingerprint density at radius 2 is 2.14 bits per heavy atom. The van der Waals surface area contributed by atoms with Crippen molar-refractivity contribution < 1.29 is 9.90 Å². The van der Waals surface area contributed by atoms with Gasteiger partial charge in [0.15, 0.2) is 0 Å². The minimum Gasteiger partial charge on any atom is -0.394 e. The van der Waals surface area contributed by atoms with Crippen LogP contribution in [0.4, 0.5) is 0 Å². The predicted molar refractivity (Wildman–Crippen MR) is 77.0 cm³/mol. The van der Waals surface area contributed by atoms with Crippen LogP contribution in [0.5, 0.6) is 0 Å². The van der Waals surface area contributed by atoms with Gasteiger partial charge in [-0.05, 0) is 49.9 Å². The first-order valence-electron chi connectivity index (χ1n) is 7.01. The summed E-state index contributed by atoms with van der Waals surface area (Å²) in [7, 11) is 0. The second kappa shape index (κ2) is 5.29. The van der Waals surface area contributed by atoms with Crippen molar-refractivity contribution in [3.8, 4) is 5.69 Å². The Morgan fingerprint density at radius 1 is 1.43 bits per heavy atom. The molecule has 1 atom stereocenters. The molecule has 1 aliphatic carbocycles.